The summed E-state index contributed by atoms with van der Waals surface area (Å²) in [4.78, 5) is 4.86. The number of thioether (sulfide) groups is 1. The van der Waals surface area contributed by atoms with Crippen LogP contribution in [0.25, 0.3) is 0 Å². The van der Waals surface area contributed by atoms with E-state index in [4.69, 9.17) is 4.99 Å². The van der Waals surface area contributed by atoms with E-state index in [1.807, 2.05) is 11.8 Å². The van der Waals surface area contributed by atoms with Crippen LogP contribution in [0, 0.1) is 11.8 Å². The predicted octanol–water partition coefficient (Wildman–Crippen LogP) is 3.28. The molecule has 2 nitrogen and oxygen atoms in total. The zero-order chi connectivity index (χ0) is 11.5. The number of rotatable bonds is 3. The molecule has 3 unspecified atom stereocenters. The Labute approximate surface area is 104 Å². The first-order chi connectivity index (χ1) is 7.65. The van der Waals surface area contributed by atoms with Gasteiger partial charge in [0.05, 0.1) is 6.04 Å². The van der Waals surface area contributed by atoms with Gasteiger partial charge in [0.1, 0.15) is 0 Å². The number of hydrogen-bond donors (Lipinski definition) is 1. The van der Waals surface area contributed by atoms with Crippen molar-refractivity contribution in [2.75, 3.05) is 5.75 Å². The van der Waals surface area contributed by atoms with E-state index in [-0.39, 0.29) is 0 Å². The van der Waals surface area contributed by atoms with Gasteiger partial charge < -0.3 is 5.32 Å². The third-order valence-corrected chi connectivity index (χ3v) is 4.62. The highest BCUT2D eigenvalue weighted by Crippen LogP contribution is 2.35. The fourth-order valence-electron chi connectivity index (χ4n) is 2.81. The lowest BCUT2D eigenvalue weighted by Crippen LogP contribution is -2.36. The van der Waals surface area contributed by atoms with E-state index in [2.05, 4.69) is 26.1 Å². The Kier molecular flexibility index (Phi) is 4.17. The second-order valence-electron chi connectivity index (χ2n) is 5.68. The summed E-state index contributed by atoms with van der Waals surface area (Å²) in [6, 6.07) is 1.19. The van der Waals surface area contributed by atoms with Crippen molar-refractivity contribution in [2.45, 2.75) is 58.5 Å². The molecule has 16 heavy (non-hydrogen) atoms. The summed E-state index contributed by atoms with van der Waals surface area (Å²) in [5.74, 6) is 2.91. The van der Waals surface area contributed by atoms with Crippen LogP contribution in [0.15, 0.2) is 4.99 Å². The zero-order valence-corrected chi connectivity index (χ0v) is 11.5. The summed E-state index contributed by atoms with van der Waals surface area (Å²) in [7, 11) is 0. The van der Waals surface area contributed by atoms with Gasteiger partial charge in [0.25, 0.3) is 0 Å². The maximum Gasteiger partial charge on any atom is 0.157 e. The number of nitrogens with one attached hydrogen (secondary N) is 1. The normalized spacial score (nSPS) is 31.1. The summed E-state index contributed by atoms with van der Waals surface area (Å²) in [6.45, 7) is 6.83. The minimum atomic E-state index is 0.559. The summed E-state index contributed by atoms with van der Waals surface area (Å²) >= 11 is 1.93. The van der Waals surface area contributed by atoms with E-state index in [1.165, 1.54) is 36.6 Å². The van der Waals surface area contributed by atoms with Crippen LogP contribution >= 0.6 is 11.8 Å². The lowest BCUT2D eigenvalue weighted by atomic mass is 10.1. The van der Waals surface area contributed by atoms with Crippen LogP contribution in [-0.2, 0) is 0 Å². The average Bonchev–Trinajstić information content (AvgIpc) is 2.63. The molecule has 1 aliphatic carbocycles. The summed E-state index contributed by atoms with van der Waals surface area (Å²) < 4.78 is 0. The largest absolute Gasteiger partial charge is 0.362 e. The van der Waals surface area contributed by atoms with Gasteiger partial charge in [-0.2, -0.15) is 0 Å². The van der Waals surface area contributed by atoms with Crippen molar-refractivity contribution in [3.63, 3.8) is 0 Å². The van der Waals surface area contributed by atoms with E-state index in [0.717, 1.165) is 11.8 Å². The van der Waals surface area contributed by atoms with Gasteiger partial charge in [-0.05, 0) is 38.0 Å². The van der Waals surface area contributed by atoms with Gasteiger partial charge in [0.2, 0.25) is 0 Å². The Morgan fingerprint density at radius 2 is 2.19 bits per heavy atom. The molecule has 3 heteroatoms. The smallest absolute Gasteiger partial charge is 0.157 e. The van der Waals surface area contributed by atoms with Crippen LogP contribution in [0.5, 0.6) is 0 Å². The number of aliphatic imine (C=N–C) groups is 1. The molecule has 1 heterocycles. The molecule has 2 aliphatic rings. The maximum atomic E-state index is 4.86. The number of fused-ring (bicyclic) bond motifs is 1. The first-order valence-electron chi connectivity index (χ1n) is 6.62. The topological polar surface area (TPSA) is 24.4 Å². The Morgan fingerprint density at radius 1 is 1.38 bits per heavy atom. The molecule has 0 amide bonds. The fraction of sp³-hybridized carbons (Fsp3) is 0.923. The second-order valence-corrected chi connectivity index (χ2v) is 6.69. The van der Waals surface area contributed by atoms with E-state index in [9.17, 15) is 0 Å². The number of nitrogens with zero attached hydrogens (tertiary/aromatic N) is 1. The van der Waals surface area contributed by atoms with Crippen molar-refractivity contribution < 1.29 is 0 Å². The molecule has 0 aromatic heterocycles. The minimum absolute atomic E-state index is 0.559. The van der Waals surface area contributed by atoms with Gasteiger partial charge in [0.15, 0.2) is 5.17 Å². The molecule has 0 spiro atoms. The van der Waals surface area contributed by atoms with Crippen molar-refractivity contribution >= 4 is 16.9 Å². The zero-order valence-electron chi connectivity index (χ0n) is 10.7. The first-order valence-corrected chi connectivity index (χ1v) is 7.61. The number of amidine groups is 1. The van der Waals surface area contributed by atoms with Crippen molar-refractivity contribution in [1.82, 2.24) is 5.32 Å². The molecular formula is C13H24N2S. The highest BCUT2D eigenvalue weighted by molar-refractivity contribution is 8.13. The predicted molar refractivity (Wildman–Crippen MR) is 73.1 cm³/mol. The molecule has 1 fully saturated rings. The molecule has 0 radical (unpaired) electrons. The molecule has 92 valence electrons. The molecule has 0 bridgehead atoms. The van der Waals surface area contributed by atoms with Crippen LogP contribution in [0.1, 0.15) is 46.5 Å². The van der Waals surface area contributed by atoms with Gasteiger partial charge in [0, 0.05) is 11.8 Å². The van der Waals surface area contributed by atoms with Crippen LogP contribution in [0.4, 0.5) is 0 Å². The van der Waals surface area contributed by atoms with Crippen LogP contribution in [-0.4, -0.2) is 23.0 Å². The maximum absolute atomic E-state index is 4.86. The van der Waals surface area contributed by atoms with Gasteiger partial charge in [-0.3, -0.25) is 4.99 Å². The standard InChI is InChI=1S/C13H24N2S/c1-9(2)7-10(3)14-13-15-12-6-4-5-11(12)8-16-13/h9-12H,4-8H2,1-3H3,(H,14,15). The molecule has 1 N–H and O–H groups in total. The lowest BCUT2D eigenvalue weighted by Gasteiger charge is -2.26. The average molecular weight is 240 g/mol. The lowest BCUT2D eigenvalue weighted by molar-refractivity contribution is 0.486. The number of hydrogen-bond acceptors (Lipinski definition) is 3. The van der Waals surface area contributed by atoms with Crippen LogP contribution < -0.4 is 5.32 Å². The van der Waals surface area contributed by atoms with Gasteiger partial charge in [-0.25, -0.2) is 0 Å². The Balaban J connectivity index is 1.85. The van der Waals surface area contributed by atoms with Gasteiger partial charge in [-0.15, -0.1) is 0 Å². The molecule has 2 rings (SSSR count). The summed E-state index contributed by atoms with van der Waals surface area (Å²) in [5.41, 5.74) is 0. The second kappa shape index (κ2) is 5.44. The van der Waals surface area contributed by atoms with E-state index < -0.39 is 0 Å². The Morgan fingerprint density at radius 3 is 2.94 bits per heavy atom. The van der Waals surface area contributed by atoms with Crippen molar-refractivity contribution in [3.05, 3.63) is 0 Å². The molecular weight excluding hydrogens is 216 g/mol. The molecule has 3 atom stereocenters. The summed E-state index contributed by atoms with van der Waals surface area (Å²) in [5, 5.41) is 4.78. The van der Waals surface area contributed by atoms with Gasteiger partial charge in [-0.1, -0.05) is 32.0 Å². The molecule has 1 aliphatic heterocycles. The van der Waals surface area contributed by atoms with Crippen molar-refractivity contribution in [3.8, 4) is 0 Å². The fourth-order valence-corrected chi connectivity index (χ4v) is 4.07. The molecule has 0 saturated heterocycles. The van der Waals surface area contributed by atoms with Crippen molar-refractivity contribution in [1.29, 1.82) is 0 Å². The monoisotopic (exact) mass is 240 g/mol. The van der Waals surface area contributed by atoms with E-state index in [1.54, 1.807) is 0 Å². The van der Waals surface area contributed by atoms with Crippen LogP contribution in [0.2, 0.25) is 0 Å². The van der Waals surface area contributed by atoms with Gasteiger partial charge >= 0.3 is 0 Å². The summed E-state index contributed by atoms with van der Waals surface area (Å²) in [6.07, 6.45) is 5.33. The van der Waals surface area contributed by atoms with E-state index in [0.29, 0.717) is 12.1 Å². The third kappa shape index (κ3) is 3.16. The van der Waals surface area contributed by atoms with E-state index >= 15 is 0 Å². The first kappa shape index (κ1) is 12.3. The molecule has 0 aromatic rings. The minimum Gasteiger partial charge on any atom is -0.362 e. The van der Waals surface area contributed by atoms with Crippen molar-refractivity contribution in [2.24, 2.45) is 16.8 Å². The Hall–Kier alpha value is -0.180. The highest BCUT2D eigenvalue weighted by Gasteiger charge is 2.31. The van der Waals surface area contributed by atoms with Crippen LogP contribution in [0.3, 0.4) is 0 Å². The highest BCUT2D eigenvalue weighted by atomic mass is 32.2. The Bertz CT molecular complexity index is 263. The molecule has 1 saturated carbocycles. The SMILES string of the molecule is CC(C)CC(C)NC1=NC2CCCC2CS1. The quantitative estimate of drug-likeness (QED) is 0.818. The third-order valence-electron chi connectivity index (χ3n) is 3.53. The molecule has 0 aromatic carbocycles.